The molecule has 0 unspecified atom stereocenters. The minimum absolute atomic E-state index is 0.0744. The van der Waals surface area contributed by atoms with Gasteiger partial charge >= 0.3 is 0 Å². The van der Waals surface area contributed by atoms with Crippen molar-refractivity contribution in [2.24, 2.45) is 0 Å². The number of amides is 1. The molecule has 0 spiro atoms. The molecule has 1 atom stereocenters. The van der Waals surface area contributed by atoms with E-state index in [2.05, 4.69) is 4.98 Å². The number of pyridine rings is 1. The van der Waals surface area contributed by atoms with Crippen LogP contribution in [0.3, 0.4) is 0 Å². The van der Waals surface area contributed by atoms with Gasteiger partial charge in [0, 0.05) is 18.0 Å². The van der Waals surface area contributed by atoms with Crippen LogP contribution in [0.4, 0.5) is 0 Å². The first-order valence-electron chi connectivity index (χ1n) is 9.64. The van der Waals surface area contributed by atoms with Crippen molar-refractivity contribution >= 4 is 17.4 Å². The van der Waals surface area contributed by atoms with E-state index in [1.807, 2.05) is 27.1 Å². The molecule has 2 heterocycles. The van der Waals surface area contributed by atoms with Gasteiger partial charge in [-0.25, -0.2) is 0 Å². The second kappa shape index (κ2) is 8.87. The summed E-state index contributed by atoms with van der Waals surface area (Å²) in [7, 11) is 3.96. The van der Waals surface area contributed by atoms with Gasteiger partial charge in [-0.2, -0.15) is 0 Å². The molecule has 3 rings (SSSR count). The molecule has 2 N–H and O–H groups in total. The van der Waals surface area contributed by atoms with Crippen molar-refractivity contribution in [3.8, 4) is 5.75 Å². The van der Waals surface area contributed by atoms with Gasteiger partial charge in [0.15, 0.2) is 0 Å². The van der Waals surface area contributed by atoms with Crippen LogP contribution < -0.4 is 9.64 Å². The molecule has 0 aliphatic carbocycles. The summed E-state index contributed by atoms with van der Waals surface area (Å²) in [5.41, 5.74) is 1.19. The lowest BCUT2D eigenvalue weighted by Crippen LogP contribution is -3.06. The minimum atomic E-state index is -0.688. The normalized spacial score (nSPS) is 18.5. The van der Waals surface area contributed by atoms with E-state index in [1.165, 1.54) is 4.90 Å². The van der Waals surface area contributed by atoms with Gasteiger partial charge in [0.25, 0.3) is 11.7 Å². The van der Waals surface area contributed by atoms with Crippen LogP contribution in [0.2, 0.25) is 0 Å². The third kappa shape index (κ3) is 4.30. The lowest BCUT2D eigenvalue weighted by molar-refractivity contribution is -0.857. The van der Waals surface area contributed by atoms with Gasteiger partial charge in [-0.05, 0) is 30.7 Å². The quantitative estimate of drug-likeness (QED) is 0.415. The van der Waals surface area contributed by atoms with Gasteiger partial charge in [0.1, 0.15) is 11.5 Å². The molecule has 1 aliphatic heterocycles. The van der Waals surface area contributed by atoms with E-state index < -0.39 is 17.7 Å². The Labute approximate surface area is 170 Å². The van der Waals surface area contributed by atoms with E-state index in [0.717, 1.165) is 4.90 Å². The SMILES string of the molecule is CCOc1cccc(C(O)=C2C(=O)C(=O)N(CC[NH+](C)C)[C@H]2c2cccnc2)c1. The van der Waals surface area contributed by atoms with E-state index in [0.29, 0.717) is 36.6 Å². The van der Waals surface area contributed by atoms with E-state index in [4.69, 9.17) is 4.74 Å². The van der Waals surface area contributed by atoms with Crippen LogP contribution in [0.25, 0.3) is 5.76 Å². The Kier molecular flexibility index (Phi) is 6.29. The fourth-order valence-corrected chi connectivity index (χ4v) is 3.39. The Hall–Kier alpha value is -3.19. The van der Waals surface area contributed by atoms with Crippen LogP contribution in [0.15, 0.2) is 54.4 Å². The average molecular weight is 396 g/mol. The van der Waals surface area contributed by atoms with Crippen molar-refractivity contribution in [2.45, 2.75) is 13.0 Å². The first-order valence-corrected chi connectivity index (χ1v) is 9.64. The molecule has 7 nitrogen and oxygen atoms in total. The molecule has 1 amide bonds. The van der Waals surface area contributed by atoms with Gasteiger partial charge in [-0.15, -0.1) is 0 Å². The second-order valence-electron chi connectivity index (χ2n) is 7.20. The average Bonchev–Trinajstić information content (AvgIpc) is 2.97. The van der Waals surface area contributed by atoms with Gasteiger partial charge < -0.3 is 19.6 Å². The van der Waals surface area contributed by atoms with Crippen LogP contribution in [-0.2, 0) is 9.59 Å². The van der Waals surface area contributed by atoms with E-state index in [9.17, 15) is 14.7 Å². The molecular weight excluding hydrogens is 370 g/mol. The number of ketones is 1. The number of aromatic nitrogens is 1. The third-order valence-corrected chi connectivity index (χ3v) is 4.81. The lowest BCUT2D eigenvalue weighted by Gasteiger charge is -2.25. The molecule has 29 heavy (non-hydrogen) atoms. The summed E-state index contributed by atoms with van der Waals surface area (Å²) in [4.78, 5) is 32.5. The summed E-state index contributed by atoms with van der Waals surface area (Å²) in [6.45, 7) is 3.41. The number of Topliss-reactive ketones (excluding diaryl/α,β-unsaturated/α-hetero) is 1. The predicted molar refractivity (Wildman–Crippen MR) is 109 cm³/mol. The number of rotatable bonds is 7. The zero-order valence-electron chi connectivity index (χ0n) is 16.9. The number of aliphatic hydroxyl groups excluding tert-OH is 1. The largest absolute Gasteiger partial charge is 0.507 e. The number of nitrogens with zero attached hydrogens (tertiary/aromatic N) is 2. The number of benzene rings is 1. The number of quaternary nitrogens is 1. The van der Waals surface area contributed by atoms with Crippen LogP contribution in [0.5, 0.6) is 5.75 Å². The maximum Gasteiger partial charge on any atom is 0.295 e. The molecule has 7 heteroatoms. The van der Waals surface area contributed by atoms with Crippen LogP contribution in [0, 0.1) is 0 Å². The molecule has 1 fully saturated rings. The number of hydrogen-bond donors (Lipinski definition) is 2. The summed E-state index contributed by atoms with van der Waals surface area (Å²) >= 11 is 0. The Morgan fingerprint density at radius 2 is 2.03 bits per heavy atom. The smallest absolute Gasteiger partial charge is 0.295 e. The van der Waals surface area contributed by atoms with Gasteiger partial charge in [-0.1, -0.05) is 18.2 Å². The van der Waals surface area contributed by atoms with Crippen molar-refractivity contribution in [1.82, 2.24) is 9.88 Å². The highest BCUT2D eigenvalue weighted by Gasteiger charge is 2.46. The predicted octanol–water partition coefficient (Wildman–Crippen LogP) is 1.05. The number of carbonyl (C=O) groups excluding carboxylic acids is 2. The molecule has 1 aliphatic rings. The van der Waals surface area contributed by atoms with Crippen LogP contribution in [-0.4, -0.2) is 60.5 Å². The number of aliphatic hydroxyl groups is 1. The summed E-state index contributed by atoms with van der Waals surface area (Å²) in [5, 5.41) is 11.0. The summed E-state index contributed by atoms with van der Waals surface area (Å²) in [6.07, 6.45) is 3.25. The van der Waals surface area contributed by atoms with Crippen molar-refractivity contribution in [2.75, 3.05) is 33.8 Å². The molecule has 2 aromatic rings. The number of carbonyl (C=O) groups is 2. The maximum atomic E-state index is 12.9. The Morgan fingerprint density at radius 1 is 1.24 bits per heavy atom. The maximum absolute atomic E-state index is 12.9. The Balaban J connectivity index is 2.11. The molecule has 1 saturated heterocycles. The highest BCUT2D eigenvalue weighted by molar-refractivity contribution is 6.46. The topological polar surface area (TPSA) is 84.2 Å². The van der Waals surface area contributed by atoms with E-state index in [-0.39, 0.29) is 11.3 Å². The van der Waals surface area contributed by atoms with Gasteiger partial charge in [-0.3, -0.25) is 14.6 Å². The zero-order valence-corrected chi connectivity index (χ0v) is 16.9. The monoisotopic (exact) mass is 396 g/mol. The molecule has 1 aromatic heterocycles. The van der Waals surface area contributed by atoms with Crippen molar-refractivity contribution in [3.05, 3.63) is 65.5 Å². The number of likely N-dealkylation sites (N-methyl/N-ethyl adjacent to an activating group) is 1. The summed E-state index contributed by atoms with van der Waals surface area (Å²) in [5.74, 6) is -0.923. The van der Waals surface area contributed by atoms with Gasteiger partial charge in [0.05, 0.1) is 45.4 Å². The lowest BCUT2D eigenvalue weighted by atomic mass is 9.96. The fourth-order valence-electron chi connectivity index (χ4n) is 3.39. The molecule has 0 radical (unpaired) electrons. The Bertz CT molecular complexity index is 925. The van der Waals surface area contributed by atoms with Crippen LogP contribution >= 0.6 is 0 Å². The minimum Gasteiger partial charge on any atom is -0.507 e. The molecule has 0 bridgehead atoms. The van der Waals surface area contributed by atoms with Crippen molar-refractivity contribution in [3.63, 3.8) is 0 Å². The Morgan fingerprint density at radius 3 is 2.69 bits per heavy atom. The highest BCUT2D eigenvalue weighted by Crippen LogP contribution is 2.39. The number of ether oxygens (including phenoxy) is 1. The standard InChI is InChI=1S/C22H25N3O4/c1-4-29-17-9-5-7-15(13-17)20(26)18-19(16-8-6-10-23-14-16)25(12-11-24(2)3)22(28)21(18)27/h5-10,13-14,19,26H,4,11-12H2,1-3H3/p+1/t19-/m0/s1. The first kappa shape index (κ1) is 20.5. The summed E-state index contributed by atoms with van der Waals surface area (Å²) < 4.78 is 5.50. The fraction of sp³-hybridized carbons (Fsp3) is 0.318. The summed E-state index contributed by atoms with van der Waals surface area (Å²) in [6, 6.07) is 9.75. The van der Waals surface area contributed by atoms with Crippen molar-refractivity contribution in [1.29, 1.82) is 0 Å². The number of likely N-dealkylation sites (tertiary alicyclic amines) is 1. The second-order valence-corrected chi connectivity index (χ2v) is 7.20. The first-order chi connectivity index (χ1) is 13.9. The third-order valence-electron chi connectivity index (χ3n) is 4.81. The highest BCUT2D eigenvalue weighted by atomic mass is 16.5. The van der Waals surface area contributed by atoms with Crippen LogP contribution in [0.1, 0.15) is 24.1 Å². The molecular formula is C22H26N3O4+. The molecule has 152 valence electrons. The van der Waals surface area contributed by atoms with Crippen molar-refractivity contribution < 1.29 is 24.3 Å². The van der Waals surface area contributed by atoms with Gasteiger partial charge in [0.2, 0.25) is 0 Å². The van der Waals surface area contributed by atoms with E-state index in [1.54, 1.807) is 42.7 Å². The molecule has 0 saturated carbocycles. The number of hydrogen-bond acceptors (Lipinski definition) is 5. The molecule has 1 aromatic carbocycles. The number of nitrogens with one attached hydrogen (secondary N) is 1. The zero-order chi connectivity index (χ0) is 21.0. The van der Waals surface area contributed by atoms with E-state index >= 15 is 0 Å².